The van der Waals surface area contributed by atoms with Crippen LogP contribution in [0.1, 0.15) is 21.7 Å². The molecule has 7 nitrogen and oxygen atoms in total. The van der Waals surface area contributed by atoms with E-state index in [9.17, 15) is 31.1 Å². The van der Waals surface area contributed by atoms with Crippen molar-refractivity contribution in [1.29, 1.82) is 0 Å². The molecule has 0 aliphatic carbocycles. The Kier molecular flexibility index (Phi) is 5.47. The predicted molar refractivity (Wildman–Crippen MR) is 114 cm³/mol. The number of fused-ring (bicyclic) bond motifs is 2. The number of ether oxygens (including phenoxy) is 2. The van der Waals surface area contributed by atoms with E-state index in [0.717, 1.165) is 24.3 Å². The molecule has 3 heterocycles. The molecule has 1 aliphatic rings. The Morgan fingerprint density at radius 2 is 1.69 bits per heavy atom. The maximum atomic E-state index is 13.8. The number of hydrogen-bond acceptors (Lipinski definition) is 5. The van der Waals surface area contributed by atoms with Gasteiger partial charge in [-0.15, -0.1) is 0 Å². The monoisotopic (exact) mass is 528 g/mol. The van der Waals surface area contributed by atoms with E-state index in [1.807, 2.05) is 0 Å². The van der Waals surface area contributed by atoms with Gasteiger partial charge in [0, 0.05) is 11.6 Å². The van der Waals surface area contributed by atoms with Gasteiger partial charge in [0.2, 0.25) is 6.79 Å². The number of benzene rings is 2. The minimum Gasteiger partial charge on any atom is -0.454 e. The highest BCUT2D eigenvalue weighted by molar-refractivity contribution is 6.34. The maximum Gasteiger partial charge on any atom is 0.433 e. The SMILES string of the molecule is O=C(Nc1cc(C(F)(F)F)ccc1Cl)c1cc2nc(-c3ccc4c(c3)OCO4)cc(C(F)(F)F)n2n1. The van der Waals surface area contributed by atoms with Crippen LogP contribution in [0.4, 0.5) is 32.0 Å². The third kappa shape index (κ3) is 4.37. The molecular formula is C22H11ClF6N4O3. The predicted octanol–water partition coefficient (Wildman–Crippen LogP) is 6.07. The van der Waals surface area contributed by atoms with Gasteiger partial charge in [0.25, 0.3) is 5.91 Å². The Morgan fingerprint density at radius 3 is 2.42 bits per heavy atom. The summed E-state index contributed by atoms with van der Waals surface area (Å²) in [5.74, 6) is -0.332. The van der Waals surface area contributed by atoms with Crippen LogP contribution in [-0.4, -0.2) is 27.3 Å². The molecule has 5 rings (SSSR count). The van der Waals surface area contributed by atoms with Gasteiger partial charge in [-0.1, -0.05) is 11.6 Å². The van der Waals surface area contributed by atoms with Gasteiger partial charge in [0.05, 0.1) is 22.0 Å². The minimum atomic E-state index is -4.88. The number of aromatic nitrogens is 3. The van der Waals surface area contributed by atoms with Crippen molar-refractivity contribution in [3.8, 4) is 22.8 Å². The molecule has 0 unspecified atom stereocenters. The van der Waals surface area contributed by atoms with Crippen LogP contribution in [0.25, 0.3) is 16.9 Å². The summed E-state index contributed by atoms with van der Waals surface area (Å²) in [6, 6.07) is 8.46. The Bertz CT molecular complexity index is 1520. The zero-order valence-electron chi connectivity index (χ0n) is 17.5. The average Bonchev–Trinajstić information content (AvgIpc) is 3.44. The lowest BCUT2D eigenvalue weighted by atomic mass is 10.1. The highest BCUT2D eigenvalue weighted by Gasteiger charge is 2.36. The van der Waals surface area contributed by atoms with Gasteiger partial charge < -0.3 is 14.8 Å². The molecule has 14 heteroatoms. The summed E-state index contributed by atoms with van der Waals surface area (Å²) in [7, 11) is 0. The highest BCUT2D eigenvalue weighted by Crippen LogP contribution is 2.38. The van der Waals surface area contributed by atoms with Gasteiger partial charge in [-0.3, -0.25) is 4.79 Å². The molecule has 186 valence electrons. The van der Waals surface area contributed by atoms with E-state index in [4.69, 9.17) is 21.1 Å². The summed E-state index contributed by atoms with van der Waals surface area (Å²) >= 11 is 5.88. The first kappa shape index (κ1) is 23.7. The van der Waals surface area contributed by atoms with Crippen molar-refractivity contribution in [3.05, 3.63) is 70.5 Å². The van der Waals surface area contributed by atoms with Crippen LogP contribution in [0.15, 0.2) is 48.5 Å². The molecular weight excluding hydrogens is 518 g/mol. The normalized spacial score (nSPS) is 13.3. The fourth-order valence-corrected chi connectivity index (χ4v) is 3.64. The Morgan fingerprint density at radius 1 is 0.944 bits per heavy atom. The molecule has 0 spiro atoms. The second-order valence-corrected chi connectivity index (χ2v) is 7.95. The Labute approximate surface area is 202 Å². The molecule has 0 saturated heterocycles. The minimum absolute atomic E-state index is 0.0317. The Hall–Kier alpha value is -4.00. The van der Waals surface area contributed by atoms with Gasteiger partial charge in [-0.05, 0) is 42.5 Å². The zero-order valence-corrected chi connectivity index (χ0v) is 18.3. The maximum absolute atomic E-state index is 13.8. The van der Waals surface area contributed by atoms with Crippen LogP contribution in [0, 0.1) is 0 Å². The summed E-state index contributed by atoms with van der Waals surface area (Å²) in [6.07, 6.45) is -9.58. The summed E-state index contributed by atoms with van der Waals surface area (Å²) in [4.78, 5) is 16.8. The van der Waals surface area contributed by atoms with Crippen molar-refractivity contribution in [1.82, 2.24) is 14.6 Å². The van der Waals surface area contributed by atoms with Gasteiger partial charge in [0.15, 0.2) is 28.5 Å². The first-order valence-electron chi connectivity index (χ1n) is 9.96. The van der Waals surface area contributed by atoms with Crippen LogP contribution in [-0.2, 0) is 12.4 Å². The number of nitrogens with one attached hydrogen (secondary N) is 1. The number of nitrogens with zero attached hydrogens (tertiary/aromatic N) is 3. The lowest BCUT2D eigenvalue weighted by Gasteiger charge is -2.11. The molecule has 0 fully saturated rings. The molecule has 0 radical (unpaired) electrons. The number of amides is 1. The topological polar surface area (TPSA) is 77.8 Å². The molecule has 0 bridgehead atoms. The van der Waals surface area contributed by atoms with Crippen LogP contribution < -0.4 is 14.8 Å². The van der Waals surface area contributed by atoms with Gasteiger partial charge in [0.1, 0.15) is 0 Å². The fraction of sp³-hybridized carbons (Fsp3) is 0.136. The largest absolute Gasteiger partial charge is 0.454 e. The lowest BCUT2D eigenvalue weighted by molar-refractivity contribution is -0.142. The number of alkyl halides is 6. The summed E-state index contributed by atoms with van der Waals surface area (Å²) in [5.41, 5.74) is -3.33. The van der Waals surface area contributed by atoms with Crippen LogP contribution in [0.3, 0.4) is 0 Å². The van der Waals surface area contributed by atoms with E-state index in [2.05, 4.69) is 15.4 Å². The quantitative estimate of drug-likeness (QED) is 0.327. The van der Waals surface area contributed by atoms with Gasteiger partial charge in [-0.2, -0.15) is 31.4 Å². The number of hydrogen-bond donors (Lipinski definition) is 1. The second kappa shape index (κ2) is 8.29. The van der Waals surface area contributed by atoms with E-state index in [0.29, 0.717) is 22.1 Å². The van der Waals surface area contributed by atoms with E-state index in [1.165, 1.54) is 18.2 Å². The van der Waals surface area contributed by atoms with Crippen molar-refractivity contribution in [2.75, 3.05) is 12.1 Å². The lowest BCUT2D eigenvalue weighted by Crippen LogP contribution is -2.16. The summed E-state index contributed by atoms with van der Waals surface area (Å²) < 4.78 is 91.4. The molecule has 0 saturated carbocycles. The number of rotatable bonds is 3. The number of carbonyl (C=O) groups excluding carboxylic acids is 1. The van der Waals surface area contributed by atoms with Crippen molar-refractivity contribution < 1.29 is 40.6 Å². The van der Waals surface area contributed by atoms with Crippen LogP contribution >= 0.6 is 11.6 Å². The molecule has 1 aliphatic heterocycles. The van der Waals surface area contributed by atoms with Crippen molar-refractivity contribution in [2.24, 2.45) is 0 Å². The van der Waals surface area contributed by atoms with E-state index in [-0.39, 0.29) is 28.7 Å². The third-order valence-corrected chi connectivity index (χ3v) is 5.49. The third-order valence-electron chi connectivity index (χ3n) is 5.16. The molecule has 0 atom stereocenters. The number of halogens is 7. The van der Waals surface area contributed by atoms with E-state index < -0.39 is 40.9 Å². The Balaban J connectivity index is 1.55. The van der Waals surface area contributed by atoms with Crippen molar-refractivity contribution in [2.45, 2.75) is 12.4 Å². The first-order chi connectivity index (χ1) is 16.9. The molecule has 2 aromatic heterocycles. The first-order valence-corrected chi connectivity index (χ1v) is 10.3. The summed E-state index contributed by atoms with van der Waals surface area (Å²) in [6.45, 7) is -0.0317. The van der Waals surface area contributed by atoms with E-state index >= 15 is 0 Å². The highest BCUT2D eigenvalue weighted by atomic mass is 35.5. The average molecular weight is 529 g/mol. The number of carbonyl (C=O) groups is 1. The number of anilines is 1. The molecule has 1 N–H and O–H groups in total. The van der Waals surface area contributed by atoms with Gasteiger partial charge >= 0.3 is 12.4 Å². The molecule has 1 amide bonds. The fourth-order valence-electron chi connectivity index (χ4n) is 3.47. The molecule has 36 heavy (non-hydrogen) atoms. The van der Waals surface area contributed by atoms with Crippen molar-refractivity contribution >= 4 is 28.8 Å². The zero-order chi connectivity index (χ0) is 25.8. The molecule has 2 aromatic carbocycles. The summed E-state index contributed by atoms with van der Waals surface area (Å²) in [5, 5.41) is 5.62. The van der Waals surface area contributed by atoms with E-state index in [1.54, 1.807) is 0 Å². The second-order valence-electron chi connectivity index (χ2n) is 7.54. The van der Waals surface area contributed by atoms with Crippen LogP contribution in [0.2, 0.25) is 5.02 Å². The van der Waals surface area contributed by atoms with Crippen molar-refractivity contribution in [3.63, 3.8) is 0 Å². The molecule has 4 aromatic rings. The standard InChI is InChI=1S/C22H11ClF6N4O3/c23-12-3-2-11(21(24,25)26)6-14(12)31-20(34)15-8-19-30-13(7-18(22(27,28)29)33(19)32-15)10-1-4-16-17(5-10)36-9-35-16/h1-8H,9H2,(H,31,34). The van der Waals surface area contributed by atoms with Gasteiger partial charge in [-0.25, -0.2) is 9.50 Å². The smallest absolute Gasteiger partial charge is 0.433 e. The van der Waals surface area contributed by atoms with Crippen LogP contribution in [0.5, 0.6) is 11.5 Å².